The molecule has 4 heteroatoms. The van der Waals surface area contributed by atoms with E-state index in [2.05, 4.69) is 37.9 Å². The molecule has 1 aliphatic rings. The standard InChI is InChI=1S/C15H17BrN2O/c16-14-8-17-15(13-6-2-1-5-12(13)14)18-7-3-4-11(9-18)10-19/h1-2,5-6,8,11,19H,3-4,7,9-10H2/t11-/m1/s1. The summed E-state index contributed by atoms with van der Waals surface area (Å²) in [7, 11) is 0. The summed E-state index contributed by atoms with van der Waals surface area (Å²) in [6, 6.07) is 8.32. The summed E-state index contributed by atoms with van der Waals surface area (Å²) in [4.78, 5) is 6.90. The maximum absolute atomic E-state index is 9.36. The number of aromatic nitrogens is 1. The molecule has 2 heterocycles. The van der Waals surface area contributed by atoms with Crippen LogP contribution < -0.4 is 4.90 Å². The SMILES string of the molecule is OC[C@@H]1CCCN(c2ncc(Br)c3ccccc23)C1. The Labute approximate surface area is 121 Å². The fourth-order valence-electron chi connectivity index (χ4n) is 2.80. The molecule has 1 aromatic carbocycles. The predicted octanol–water partition coefficient (Wildman–Crippen LogP) is 3.21. The minimum absolute atomic E-state index is 0.269. The molecule has 100 valence electrons. The molecule has 1 aliphatic heterocycles. The number of rotatable bonds is 2. The third-order valence-corrected chi connectivity index (χ3v) is 4.43. The molecule has 1 saturated heterocycles. The molecule has 1 N–H and O–H groups in total. The van der Waals surface area contributed by atoms with E-state index in [9.17, 15) is 5.11 Å². The van der Waals surface area contributed by atoms with Gasteiger partial charge in [0.05, 0.1) is 0 Å². The Morgan fingerprint density at radius 2 is 2.11 bits per heavy atom. The fourth-order valence-corrected chi connectivity index (χ4v) is 3.25. The third kappa shape index (κ3) is 2.47. The summed E-state index contributed by atoms with van der Waals surface area (Å²) in [6.07, 6.45) is 4.11. The molecule has 0 saturated carbocycles. The van der Waals surface area contributed by atoms with Crippen molar-refractivity contribution in [3.8, 4) is 0 Å². The molecular formula is C15H17BrN2O. The molecule has 0 spiro atoms. The molecule has 0 bridgehead atoms. The molecular weight excluding hydrogens is 304 g/mol. The van der Waals surface area contributed by atoms with Crippen molar-refractivity contribution < 1.29 is 5.11 Å². The van der Waals surface area contributed by atoms with E-state index in [1.165, 1.54) is 10.8 Å². The van der Waals surface area contributed by atoms with Gasteiger partial charge >= 0.3 is 0 Å². The number of hydrogen-bond donors (Lipinski definition) is 1. The van der Waals surface area contributed by atoms with Gasteiger partial charge in [0.1, 0.15) is 5.82 Å². The number of nitrogens with zero attached hydrogens (tertiary/aromatic N) is 2. The number of aliphatic hydroxyl groups is 1. The van der Waals surface area contributed by atoms with Crippen molar-refractivity contribution in [3.05, 3.63) is 34.9 Å². The zero-order chi connectivity index (χ0) is 13.2. The van der Waals surface area contributed by atoms with Crippen molar-refractivity contribution in [2.24, 2.45) is 5.92 Å². The van der Waals surface area contributed by atoms with Crippen molar-refractivity contribution in [2.45, 2.75) is 12.8 Å². The Hall–Kier alpha value is -1.13. The summed E-state index contributed by atoms with van der Waals surface area (Å²) < 4.78 is 1.03. The van der Waals surface area contributed by atoms with Crippen molar-refractivity contribution >= 4 is 32.5 Å². The Morgan fingerprint density at radius 1 is 1.32 bits per heavy atom. The lowest BCUT2D eigenvalue weighted by atomic mass is 9.98. The maximum Gasteiger partial charge on any atom is 0.136 e. The summed E-state index contributed by atoms with van der Waals surface area (Å²) in [5.41, 5.74) is 0. The van der Waals surface area contributed by atoms with Crippen LogP contribution in [-0.2, 0) is 0 Å². The molecule has 3 nitrogen and oxygen atoms in total. The average molecular weight is 321 g/mol. The lowest BCUT2D eigenvalue weighted by Crippen LogP contribution is -2.37. The van der Waals surface area contributed by atoms with Crippen LogP contribution >= 0.6 is 15.9 Å². The lowest BCUT2D eigenvalue weighted by Gasteiger charge is -2.33. The van der Waals surface area contributed by atoms with Gasteiger partial charge in [0, 0.05) is 41.1 Å². The molecule has 0 aliphatic carbocycles. The van der Waals surface area contributed by atoms with E-state index in [-0.39, 0.29) is 6.61 Å². The van der Waals surface area contributed by atoms with E-state index in [1.807, 2.05) is 18.3 Å². The zero-order valence-electron chi connectivity index (χ0n) is 10.7. The summed E-state index contributed by atoms with van der Waals surface area (Å²) in [6.45, 7) is 2.19. The van der Waals surface area contributed by atoms with Gasteiger partial charge in [0.25, 0.3) is 0 Å². The van der Waals surface area contributed by atoms with Crippen LogP contribution in [0.5, 0.6) is 0 Å². The van der Waals surface area contributed by atoms with Gasteiger partial charge in [-0.1, -0.05) is 24.3 Å². The second-order valence-electron chi connectivity index (χ2n) is 5.11. The van der Waals surface area contributed by atoms with Crippen LogP contribution in [0.15, 0.2) is 34.9 Å². The highest BCUT2D eigenvalue weighted by molar-refractivity contribution is 9.10. The monoisotopic (exact) mass is 320 g/mol. The van der Waals surface area contributed by atoms with E-state index >= 15 is 0 Å². The lowest BCUT2D eigenvalue weighted by molar-refractivity contribution is 0.208. The van der Waals surface area contributed by atoms with E-state index in [1.54, 1.807) is 0 Å². The number of hydrogen-bond acceptors (Lipinski definition) is 3. The summed E-state index contributed by atoms with van der Waals surface area (Å²) in [5.74, 6) is 1.41. The third-order valence-electron chi connectivity index (χ3n) is 3.80. The summed E-state index contributed by atoms with van der Waals surface area (Å²) in [5, 5.41) is 11.7. The van der Waals surface area contributed by atoms with Crippen LogP contribution in [-0.4, -0.2) is 29.8 Å². The minimum Gasteiger partial charge on any atom is -0.396 e. The molecule has 1 fully saturated rings. The van der Waals surface area contributed by atoms with E-state index < -0.39 is 0 Å². The maximum atomic E-state index is 9.36. The molecule has 0 unspecified atom stereocenters. The van der Waals surface area contributed by atoms with Gasteiger partial charge in [-0.15, -0.1) is 0 Å². The number of anilines is 1. The first kappa shape index (κ1) is 12.9. The van der Waals surface area contributed by atoms with Crippen LogP contribution in [0, 0.1) is 5.92 Å². The predicted molar refractivity (Wildman–Crippen MR) is 81.5 cm³/mol. The first-order valence-electron chi connectivity index (χ1n) is 6.68. The molecule has 2 aromatic rings. The zero-order valence-corrected chi connectivity index (χ0v) is 12.3. The van der Waals surface area contributed by atoms with Crippen LogP contribution in [0.4, 0.5) is 5.82 Å². The van der Waals surface area contributed by atoms with Crippen molar-refractivity contribution in [1.82, 2.24) is 4.98 Å². The molecule has 19 heavy (non-hydrogen) atoms. The molecule has 1 aromatic heterocycles. The van der Waals surface area contributed by atoms with Gasteiger partial charge in [0.15, 0.2) is 0 Å². The Bertz CT molecular complexity index is 587. The van der Waals surface area contributed by atoms with Gasteiger partial charge in [-0.05, 0) is 34.7 Å². The van der Waals surface area contributed by atoms with Crippen LogP contribution in [0.3, 0.4) is 0 Å². The number of aliphatic hydroxyl groups excluding tert-OH is 1. The van der Waals surface area contributed by atoms with Crippen molar-refractivity contribution in [3.63, 3.8) is 0 Å². The number of halogens is 1. The van der Waals surface area contributed by atoms with Crippen LogP contribution in [0.2, 0.25) is 0 Å². The van der Waals surface area contributed by atoms with Crippen LogP contribution in [0.1, 0.15) is 12.8 Å². The summed E-state index contributed by atoms with van der Waals surface area (Å²) >= 11 is 3.56. The number of pyridine rings is 1. The van der Waals surface area contributed by atoms with Crippen LogP contribution in [0.25, 0.3) is 10.8 Å². The van der Waals surface area contributed by atoms with E-state index in [0.29, 0.717) is 5.92 Å². The van der Waals surface area contributed by atoms with Gasteiger partial charge in [0.2, 0.25) is 0 Å². The Kier molecular flexibility index (Phi) is 3.71. The topological polar surface area (TPSA) is 36.4 Å². The molecule has 1 atom stereocenters. The van der Waals surface area contributed by atoms with Gasteiger partial charge in [-0.25, -0.2) is 4.98 Å². The normalized spacial score (nSPS) is 19.9. The van der Waals surface area contributed by atoms with Gasteiger partial charge < -0.3 is 10.0 Å². The molecule has 3 rings (SSSR count). The Balaban J connectivity index is 2.03. The largest absolute Gasteiger partial charge is 0.396 e. The highest BCUT2D eigenvalue weighted by Crippen LogP contribution is 2.32. The molecule has 0 amide bonds. The van der Waals surface area contributed by atoms with E-state index in [4.69, 9.17) is 0 Å². The fraction of sp³-hybridized carbons (Fsp3) is 0.400. The smallest absolute Gasteiger partial charge is 0.136 e. The van der Waals surface area contributed by atoms with Crippen molar-refractivity contribution in [2.75, 3.05) is 24.6 Å². The second-order valence-corrected chi connectivity index (χ2v) is 5.97. The van der Waals surface area contributed by atoms with Gasteiger partial charge in [-0.3, -0.25) is 0 Å². The average Bonchev–Trinajstić information content (AvgIpc) is 2.48. The number of fused-ring (bicyclic) bond motifs is 1. The van der Waals surface area contributed by atoms with E-state index in [0.717, 1.165) is 36.2 Å². The quantitative estimate of drug-likeness (QED) is 0.923. The van der Waals surface area contributed by atoms with Gasteiger partial charge in [-0.2, -0.15) is 0 Å². The second kappa shape index (κ2) is 5.47. The highest BCUT2D eigenvalue weighted by atomic mass is 79.9. The number of piperidine rings is 1. The first-order chi connectivity index (χ1) is 9.29. The minimum atomic E-state index is 0.269. The first-order valence-corrected chi connectivity index (χ1v) is 7.48. The van der Waals surface area contributed by atoms with Crippen molar-refractivity contribution in [1.29, 1.82) is 0 Å². The molecule has 0 radical (unpaired) electrons. The Morgan fingerprint density at radius 3 is 2.89 bits per heavy atom. The number of benzene rings is 1. The highest BCUT2D eigenvalue weighted by Gasteiger charge is 2.21.